The van der Waals surface area contributed by atoms with Crippen molar-refractivity contribution in [3.63, 3.8) is 0 Å². The fraction of sp³-hybridized carbons (Fsp3) is 0.565. The minimum Gasteiger partial charge on any atom is -0.632 e. The van der Waals surface area contributed by atoms with E-state index in [0.717, 1.165) is 35.2 Å². The summed E-state index contributed by atoms with van der Waals surface area (Å²) in [4.78, 5) is 8.90. The average molecular weight is 495 g/mol. The lowest BCUT2D eigenvalue weighted by atomic mass is 9.49. The van der Waals surface area contributed by atoms with E-state index >= 15 is 0 Å². The summed E-state index contributed by atoms with van der Waals surface area (Å²) >= 11 is 0. The Balaban J connectivity index is 0.000000290. The number of carbonyl (C=O) groups is 1. The number of carboxylic acid groups (broad SMARTS) is 1. The van der Waals surface area contributed by atoms with Crippen LogP contribution in [0.1, 0.15) is 47.8 Å². The summed E-state index contributed by atoms with van der Waals surface area (Å²) in [6.07, 6.45) is -0.0233. The van der Waals surface area contributed by atoms with Crippen LogP contribution in [0.15, 0.2) is 18.3 Å². The number of carboxylic acids is 1. The van der Waals surface area contributed by atoms with Crippen LogP contribution in [0.4, 0.5) is 13.2 Å². The highest BCUT2D eigenvalue weighted by Crippen LogP contribution is 2.69. The number of hydrogen-bond donors (Lipinski definition) is 4. The summed E-state index contributed by atoms with van der Waals surface area (Å²) in [5, 5.41) is 51.3. The summed E-state index contributed by atoms with van der Waals surface area (Å²) < 4.78 is 37.8. The standard InChI is InChI=1S/C21H23N3O4.C2HF3O2/c25-14-4-3-12-7-15-21(26)8-13-9-22-23-17(13)19-20(21,16(12)18(14)28-19)5-6-24(15,27)10-11-1-2-11;3-2(4,5)1(6)7/h3-4,9,11,15,19,25-26H,1-2,5-8,10H2,(H,22,23);(H,6,7)/t15-,19-,20-,21+,24?;/m0./s1. The number of aliphatic hydroxyl groups is 1. The van der Waals surface area contributed by atoms with Gasteiger partial charge in [-0.25, -0.2) is 4.79 Å². The molecule has 12 heteroatoms. The number of ether oxygens (including phenoxy) is 1. The van der Waals surface area contributed by atoms with E-state index in [2.05, 4.69) is 10.2 Å². The molecule has 3 aliphatic carbocycles. The molecular formula is C23H24F3N3O6. The molecule has 4 N–H and O–H groups in total. The number of H-pyrrole nitrogens is 1. The molecule has 5 atom stereocenters. The fourth-order valence-electron chi connectivity index (χ4n) is 6.92. The molecule has 2 fully saturated rings. The number of quaternary nitrogens is 1. The molecule has 5 aliphatic rings. The fourth-order valence-corrected chi connectivity index (χ4v) is 6.92. The Kier molecular flexibility index (Phi) is 4.45. The number of aromatic hydroxyl groups is 1. The Morgan fingerprint density at radius 3 is 2.69 bits per heavy atom. The highest BCUT2D eigenvalue weighted by molar-refractivity contribution is 5.73. The second-order valence-electron chi connectivity index (χ2n) is 10.4. The first-order valence-corrected chi connectivity index (χ1v) is 11.5. The lowest BCUT2D eigenvalue weighted by Crippen LogP contribution is -2.78. The number of halogens is 3. The molecule has 1 saturated carbocycles. The van der Waals surface area contributed by atoms with Gasteiger partial charge >= 0.3 is 12.1 Å². The third-order valence-corrected chi connectivity index (χ3v) is 8.52. The number of aromatic nitrogens is 2. The number of piperidine rings is 1. The van der Waals surface area contributed by atoms with Gasteiger partial charge in [0.05, 0.1) is 30.4 Å². The zero-order valence-corrected chi connectivity index (χ0v) is 18.5. The second kappa shape index (κ2) is 6.89. The van der Waals surface area contributed by atoms with Crippen LogP contribution >= 0.6 is 0 Å². The van der Waals surface area contributed by atoms with Crippen molar-refractivity contribution in [3.8, 4) is 11.5 Å². The predicted octanol–water partition coefficient (Wildman–Crippen LogP) is 2.46. The molecule has 2 bridgehead atoms. The SMILES string of the molecule is O=C(O)C(F)(F)F.[O-][N+]1(CC2CC2)CC[C@]23c4c5ccc(O)c4O[C@H]2c2[nH]ncc2C[C@@]3(O)[C@@H]1C5. The largest absolute Gasteiger partial charge is 0.632 e. The monoisotopic (exact) mass is 495 g/mol. The predicted molar refractivity (Wildman–Crippen MR) is 112 cm³/mol. The van der Waals surface area contributed by atoms with Gasteiger partial charge in [-0.1, -0.05) is 6.07 Å². The van der Waals surface area contributed by atoms with E-state index < -0.39 is 35.3 Å². The van der Waals surface area contributed by atoms with Gasteiger partial charge in [0.2, 0.25) is 0 Å². The van der Waals surface area contributed by atoms with Crippen molar-refractivity contribution >= 4 is 5.97 Å². The van der Waals surface area contributed by atoms with Gasteiger partial charge in [0.15, 0.2) is 17.6 Å². The Bertz CT molecular complexity index is 1230. The van der Waals surface area contributed by atoms with Crippen molar-refractivity contribution in [2.75, 3.05) is 13.1 Å². The van der Waals surface area contributed by atoms with Gasteiger partial charge in [-0.15, -0.1) is 0 Å². The van der Waals surface area contributed by atoms with E-state index in [-0.39, 0.29) is 10.4 Å². The number of rotatable bonds is 2. The number of aromatic amines is 1. The minimum absolute atomic E-state index is 0.107. The Morgan fingerprint density at radius 1 is 1.31 bits per heavy atom. The zero-order valence-electron chi connectivity index (χ0n) is 18.5. The molecule has 1 saturated heterocycles. The summed E-state index contributed by atoms with van der Waals surface area (Å²) in [5.74, 6) is -1.67. The summed E-state index contributed by atoms with van der Waals surface area (Å²) in [6.45, 7) is 1.09. The summed E-state index contributed by atoms with van der Waals surface area (Å²) in [7, 11) is 0. The van der Waals surface area contributed by atoms with Gasteiger partial charge < -0.3 is 29.9 Å². The molecule has 1 unspecified atom stereocenters. The Hall–Kier alpha value is -2.83. The summed E-state index contributed by atoms with van der Waals surface area (Å²) in [5.41, 5.74) is 1.86. The maximum Gasteiger partial charge on any atom is 0.490 e. The number of phenols is 1. The molecule has 0 amide bonds. The molecule has 7 rings (SSSR count). The molecular weight excluding hydrogens is 471 g/mol. The average Bonchev–Trinajstić information content (AvgIpc) is 3.32. The van der Waals surface area contributed by atoms with Gasteiger partial charge in [-0.2, -0.15) is 18.3 Å². The van der Waals surface area contributed by atoms with E-state index in [0.29, 0.717) is 44.0 Å². The quantitative estimate of drug-likeness (QED) is 0.371. The molecule has 1 spiro atoms. The molecule has 2 aliphatic heterocycles. The lowest BCUT2D eigenvalue weighted by molar-refractivity contribution is -0.924. The van der Waals surface area contributed by atoms with Crippen LogP contribution in [0, 0.1) is 11.1 Å². The molecule has 35 heavy (non-hydrogen) atoms. The van der Waals surface area contributed by atoms with Gasteiger partial charge in [-0.3, -0.25) is 5.10 Å². The maximum atomic E-state index is 14.1. The van der Waals surface area contributed by atoms with Gasteiger partial charge in [0.1, 0.15) is 11.6 Å². The first-order valence-electron chi connectivity index (χ1n) is 11.5. The van der Waals surface area contributed by atoms with Crippen LogP contribution in [-0.4, -0.2) is 67.0 Å². The molecule has 9 nitrogen and oxygen atoms in total. The van der Waals surface area contributed by atoms with Crippen molar-refractivity contribution in [2.45, 2.75) is 61.4 Å². The number of hydrogen-bond acceptors (Lipinski definition) is 6. The van der Waals surface area contributed by atoms with E-state index in [1.807, 2.05) is 6.07 Å². The number of hydroxylamine groups is 3. The summed E-state index contributed by atoms with van der Waals surface area (Å²) in [6, 6.07) is 3.17. The molecule has 1 aromatic carbocycles. The van der Waals surface area contributed by atoms with Crippen LogP contribution in [0.2, 0.25) is 0 Å². The lowest BCUT2D eigenvalue weighted by Gasteiger charge is -2.67. The van der Waals surface area contributed by atoms with Gasteiger partial charge in [0, 0.05) is 36.3 Å². The molecule has 2 aromatic rings. The van der Waals surface area contributed by atoms with E-state index in [4.69, 9.17) is 14.6 Å². The molecule has 3 heterocycles. The van der Waals surface area contributed by atoms with Crippen LogP contribution < -0.4 is 4.74 Å². The number of phenolic OH excluding ortho intramolecular Hbond substituents is 1. The van der Waals surface area contributed by atoms with Crippen molar-refractivity contribution in [1.29, 1.82) is 0 Å². The van der Waals surface area contributed by atoms with Crippen molar-refractivity contribution in [3.05, 3.63) is 45.9 Å². The number of likely N-dealkylation sites (tertiary alicyclic amines) is 1. The van der Waals surface area contributed by atoms with Crippen LogP contribution in [-0.2, 0) is 23.1 Å². The number of alkyl halides is 3. The highest BCUT2D eigenvalue weighted by Gasteiger charge is 2.75. The highest BCUT2D eigenvalue weighted by atomic mass is 19.4. The third kappa shape index (κ3) is 2.93. The first-order chi connectivity index (χ1) is 16.4. The number of nitrogens with zero attached hydrogens (tertiary/aromatic N) is 2. The van der Waals surface area contributed by atoms with E-state index in [1.54, 1.807) is 12.3 Å². The van der Waals surface area contributed by atoms with Gasteiger partial charge in [0.25, 0.3) is 0 Å². The molecule has 0 radical (unpaired) electrons. The van der Waals surface area contributed by atoms with Crippen molar-refractivity contribution in [1.82, 2.24) is 10.2 Å². The number of fused-ring (bicyclic) bond motifs is 2. The third-order valence-electron chi connectivity index (χ3n) is 8.52. The van der Waals surface area contributed by atoms with Gasteiger partial charge in [-0.05, 0) is 24.5 Å². The smallest absolute Gasteiger partial charge is 0.490 e. The maximum absolute atomic E-state index is 14.1. The van der Waals surface area contributed by atoms with Crippen molar-refractivity contribution in [2.24, 2.45) is 5.92 Å². The van der Waals surface area contributed by atoms with E-state index in [1.165, 1.54) is 0 Å². The Labute approximate surface area is 197 Å². The van der Waals surface area contributed by atoms with Crippen LogP contribution in [0.3, 0.4) is 0 Å². The number of nitrogens with one attached hydrogen (secondary N) is 1. The minimum atomic E-state index is -5.08. The van der Waals surface area contributed by atoms with E-state index in [9.17, 15) is 28.6 Å². The molecule has 1 aromatic heterocycles. The molecule has 188 valence electrons. The Morgan fingerprint density at radius 2 is 2.03 bits per heavy atom. The normalized spacial score (nSPS) is 35.8. The number of aliphatic carboxylic acids is 1. The van der Waals surface area contributed by atoms with Crippen LogP contribution in [0.5, 0.6) is 11.5 Å². The zero-order chi connectivity index (χ0) is 25.0. The second-order valence-corrected chi connectivity index (χ2v) is 10.4. The topological polar surface area (TPSA) is 139 Å². The van der Waals surface area contributed by atoms with Crippen LogP contribution in [0.25, 0.3) is 0 Å². The van der Waals surface area contributed by atoms with Crippen molar-refractivity contribution < 1.29 is 42.7 Å². The first kappa shape index (κ1) is 22.6. The number of benzene rings is 1.